The minimum atomic E-state index is -0.160. The van der Waals surface area contributed by atoms with Gasteiger partial charge in [0.25, 0.3) is 5.56 Å². The van der Waals surface area contributed by atoms with Gasteiger partial charge in [-0.05, 0) is 39.3 Å². The fourth-order valence-corrected chi connectivity index (χ4v) is 3.15. The van der Waals surface area contributed by atoms with Crippen molar-refractivity contribution >= 4 is 0 Å². The zero-order valence-corrected chi connectivity index (χ0v) is 13.6. The average molecular weight is 315 g/mol. The molecule has 0 spiro atoms. The van der Waals surface area contributed by atoms with Crippen LogP contribution in [0, 0.1) is 19.7 Å². The topological polar surface area (TPSA) is 49.0 Å². The standard InChI is InChI=1S/C18H22FN3O/c1-12-13(2)20-17(21-18(12)23)15-7-5-9-22(11-15)10-14-6-3-4-8-16(14)19/h3-4,6,8,15H,5,7,9-11H2,1-2H3,(H,20,21,23)/t15-/m1/s1. The maximum atomic E-state index is 13.8. The maximum absolute atomic E-state index is 13.8. The van der Waals surface area contributed by atoms with Crippen LogP contribution in [0.2, 0.25) is 0 Å². The van der Waals surface area contributed by atoms with Gasteiger partial charge in [0.2, 0.25) is 0 Å². The van der Waals surface area contributed by atoms with Gasteiger partial charge in [-0.2, -0.15) is 0 Å². The SMILES string of the molecule is Cc1nc([C@@H]2CCCN(Cc3ccccc3F)C2)[nH]c(=O)c1C. The van der Waals surface area contributed by atoms with E-state index in [0.717, 1.165) is 43.0 Å². The van der Waals surface area contributed by atoms with Crippen molar-refractivity contribution in [3.05, 3.63) is 63.1 Å². The van der Waals surface area contributed by atoms with Gasteiger partial charge >= 0.3 is 0 Å². The predicted molar refractivity (Wildman–Crippen MR) is 88.0 cm³/mol. The van der Waals surface area contributed by atoms with Crippen molar-refractivity contribution < 1.29 is 4.39 Å². The van der Waals surface area contributed by atoms with E-state index in [2.05, 4.69) is 14.9 Å². The molecule has 0 aliphatic carbocycles. The Bertz CT molecular complexity index is 756. The number of halogens is 1. The van der Waals surface area contributed by atoms with Crippen LogP contribution in [0.15, 0.2) is 29.1 Å². The molecular formula is C18H22FN3O. The number of piperidine rings is 1. The van der Waals surface area contributed by atoms with Crippen molar-refractivity contribution in [2.75, 3.05) is 13.1 Å². The summed E-state index contributed by atoms with van der Waals surface area (Å²) in [7, 11) is 0. The number of nitrogens with zero attached hydrogens (tertiary/aromatic N) is 2. The maximum Gasteiger partial charge on any atom is 0.254 e. The summed E-state index contributed by atoms with van der Waals surface area (Å²) in [6, 6.07) is 6.90. The summed E-state index contributed by atoms with van der Waals surface area (Å²) >= 11 is 0. The zero-order chi connectivity index (χ0) is 16.4. The first kappa shape index (κ1) is 15.9. The summed E-state index contributed by atoms with van der Waals surface area (Å²) in [6.07, 6.45) is 2.02. The van der Waals surface area contributed by atoms with Crippen LogP contribution in [0.25, 0.3) is 0 Å². The highest BCUT2D eigenvalue weighted by Gasteiger charge is 2.24. The van der Waals surface area contributed by atoms with Gasteiger partial charge in [0.1, 0.15) is 11.6 Å². The molecule has 0 unspecified atom stereocenters. The molecule has 2 aromatic rings. The van der Waals surface area contributed by atoms with E-state index in [9.17, 15) is 9.18 Å². The van der Waals surface area contributed by atoms with E-state index in [4.69, 9.17) is 0 Å². The molecule has 1 fully saturated rings. The molecule has 2 heterocycles. The molecule has 1 aliphatic rings. The molecule has 3 rings (SSSR count). The van der Waals surface area contributed by atoms with E-state index < -0.39 is 0 Å². The van der Waals surface area contributed by atoms with Crippen LogP contribution in [0.5, 0.6) is 0 Å². The van der Waals surface area contributed by atoms with Gasteiger partial charge < -0.3 is 4.98 Å². The number of hydrogen-bond donors (Lipinski definition) is 1. The van der Waals surface area contributed by atoms with Crippen molar-refractivity contribution in [3.8, 4) is 0 Å². The number of aromatic amines is 1. The molecule has 1 N–H and O–H groups in total. The number of aromatic nitrogens is 2. The summed E-state index contributed by atoms with van der Waals surface area (Å²) in [4.78, 5) is 21.7. The summed E-state index contributed by atoms with van der Waals surface area (Å²) < 4.78 is 13.8. The zero-order valence-electron chi connectivity index (χ0n) is 13.6. The van der Waals surface area contributed by atoms with Crippen molar-refractivity contribution in [3.63, 3.8) is 0 Å². The third-order valence-electron chi connectivity index (χ3n) is 4.66. The van der Waals surface area contributed by atoms with Crippen LogP contribution in [0.1, 0.15) is 41.4 Å². The van der Waals surface area contributed by atoms with E-state index in [1.165, 1.54) is 6.07 Å². The minimum absolute atomic E-state index is 0.0567. The van der Waals surface area contributed by atoms with Crippen molar-refractivity contribution in [1.29, 1.82) is 0 Å². The number of likely N-dealkylation sites (tertiary alicyclic amines) is 1. The lowest BCUT2D eigenvalue weighted by molar-refractivity contribution is 0.194. The third kappa shape index (κ3) is 3.50. The molecule has 0 radical (unpaired) electrons. The molecule has 5 heteroatoms. The Kier molecular flexibility index (Phi) is 4.57. The quantitative estimate of drug-likeness (QED) is 0.947. The summed E-state index contributed by atoms with van der Waals surface area (Å²) in [5.74, 6) is 0.797. The lowest BCUT2D eigenvalue weighted by Crippen LogP contribution is -2.35. The van der Waals surface area contributed by atoms with Gasteiger partial charge in [-0.15, -0.1) is 0 Å². The van der Waals surface area contributed by atoms with Crippen molar-refractivity contribution in [2.24, 2.45) is 0 Å². The highest BCUT2D eigenvalue weighted by molar-refractivity contribution is 5.18. The molecule has 0 saturated carbocycles. The number of benzene rings is 1. The van der Waals surface area contributed by atoms with Crippen LogP contribution in [0.3, 0.4) is 0 Å². The Balaban J connectivity index is 1.76. The highest BCUT2D eigenvalue weighted by atomic mass is 19.1. The molecule has 4 nitrogen and oxygen atoms in total. The third-order valence-corrected chi connectivity index (χ3v) is 4.66. The average Bonchev–Trinajstić information content (AvgIpc) is 2.54. The van der Waals surface area contributed by atoms with Gasteiger partial charge in [-0.3, -0.25) is 9.69 Å². The number of aryl methyl sites for hydroxylation is 1. The predicted octanol–water partition coefficient (Wildman–Crippen LogP) is 2.91. The Morgan fingerprint density at radius 3 is 2.87 bits per heavy atom. The van der Waals surface area contributed by atoms with E-state index >= 15 is 0 Å². The Hall–Kier alpha value is -2.01. The molecule has 0 bridgehead atoms. The van der Waals surface area contributed by atoms with Crippen molar-refractivity contribution in [1.82, 2.24) is 14.9 Å². The molecule has 1 atom stereocenters. The Labute approximate surface area is 135 Å². The van der Waals surface area contributed by atoms with E-state index in [0.29, 0.717) is 12.1 Å². The van der Waals surface area contributed by atoms with Gasteiger partial charge in [0.15, 0.2) is 0 Å². The second kappa shape index (κ2) is 6.62. The molecular weight excluding hydrogens is 293 g/mol. The van der Waals surface area contributed by atoms with Crippen LogP contribution >= 0.6 is 0 Å². The normalized spacial score (nSPS) is 19.0. The molecule has 1 saturated heterocycles. The fourth-order valence-electron chi connectivity index (χ4n) is 3.15. The van der Waals surface area contributed by atoms with E-state index in [-0.39, 0.29) is 17.3 Å². The van der Waals surface area contributed by atoms with Crippen LogP contribution in [-0.4, -0.2) is 28.0 Å². The Morgan fingerprint density at radius 1 is 1.35 bits per heavy atom. The summed E-state index contributed by atoms with van der Waals surface area (Å²) in [6.45, 7) is 5.99. The lowest BCUT2D eigenvalue weighted by atomic mass is 9.96. The van der Waals surface area contributed by atoms with Crippen LogP contribution in [-0.2, 0) is 6.54 Å². The molecule has 1 aromatic carbocycles. The van der Waals surface area contributed by atoms with Crippen LogP contribution in [0.4, 0.5) is 4.39 Å². The number of H-pyrrole nitrogens is 1. The van der Waals surface area contributed by atoms with E-state index in [1.54, 1.807) is 13.0 Å². The molecule has 1 aromatic heterocycles. The highest BCUT2D eigenvalue weighted by Crippen LogP contribution is 2.25. The Morgan fingerprint density at radius 2 is 2.13 bits per heavy atom. The first-order chi connectivity index (χ1) is 11.0. The number of rotatable bonds is 3. The first-order valence-electron chi connectivity index (χ1n) is 8.08. The molecule has 23 heavy (non-hydrogen) atoms. The smallest absolute Gasteiger partial charge is 0.254 e. The second-order valence-corrected chi connectivity index (χ2v) is 6.33. The van der Waals surface area contributed by atoms with Gasteiger partial charge in [-0.1, -0.05) is 18.2 Å². The van der Waals surface area contributed by atoms with Gasteiger partial charge in [-0.25, -0.2) is 9.37 Å². The van der Waals surface area contributed by atoms with Gasteiger partial charge in [0.05, 0.1) is 0 Å². The van der Waals surface area contributed by atoms with Gasteiger partial charge in [0, 0.05) is 35.8 Å². The molecule has 1 aliphatic heterocycles. The van der Waals surface area contributed by atoms with E-state index in [1.807, 2.05) is 19.1 Å². The number of nitrogens with one attached hydrogen (secondary N) is 1. The number of hydrogen-bond acceptors (Lipinski definition) is 3. The summed E-state index contributed by atoms with van der Waals surface area (Å²) in [5, 5.41) is 0. The lowest BCUT2D eigenvalue weighted by Gasteiger charge is -2.32. The second-order valence-electron chi connectivity index (χ2n) is 6.33. The minimum Gasteiger partial charge on any atom is -0.310 e. The molecule has 0 amide bonds. The first-order valence-corrected chi connectivity index (χ1v) is 8.08. The monoisotopic (exact) mass is 315 g/mol. The largest absolute Gasteiger partial charge is 0.310 e. The van der Waals surface area contributed by atoms with Crippen LogP contribution < -0.4 is 5.56 Å². The summed E-state index contributed by atoms with van der Waals surface area (Å²) in [5.41, 5.74) is 2.12. The fraction of sp³-hybridized carbons (Fsp3) is 0.444. The molecule has 122 valence electrons. The van der Waals surface area contributed by atoms with Crippen molar-refractivity contribution in [2.45, 2.75) is 39.2 Å².